The lowest BCUT2D eigenvalue weighted by Gasteiger charge is -2.26. The summed E-state index contributed by atoms with van der Waals surface area (Å²) in [5, 5.41) is 6.95. The number of hydrogen-bond donors (Lipinski definition) is 2. The number of fused-ring (bicyclic) bond motifs is 2. The molecular weight excluding hydrogens is 308 g/mol. The molecule has 3 N–H and O–H groups in total. The summed E-state index contributed by atoms with van der Waals surface area (Å²) in [5.41, 5.74) is 6.16. The number of nitrogens with two attached hydrogens (primary N) is 1. The molecule has 4 unspecified atom stereocenters. The van der Waals surface area contributed by atoms with Crippen molar-refractivity contribution in [2.45, 2.75) is 31.8 Å². The number of esters is 1. The summed E-state index contributed by atoms with van der Waals surface area (Å²) < 4.78 is 6.00. The number of amides is 1. The molecular formula is C14H21ClN4O3. The number of nitrogens with zero attached hydrogens (tertiary/aromatic N) is 2. The maximum atomic E-state index is 12.4. The zero-order chi connectivity index (χ0) is 15.0. The summed E-state index contributed by atoms with van der Waals surface area (Å²) in [6.07, 6.45) is 4.93. The first kappa shape index (κ1) is 16.8. The zero-order valence-electron chi connectivity index (χ0n) is 12.4. The fourth-order valence-corrected chi connectivity index (χ4v) is 3.65. The molecule has 2 aliphatic carbocycles. The molecule has 0 spiro atoms. The van der Waals surface area contributed by atoms with E-state index in [0.717, 1.165) is 19.3 Å². The van der Waals surface area contributed by atoms with E-state index in [1.807, 2.05) is 0 Å². The van der Waals surface area contributed by atoms with Crippen molar-refractivity contribution in [1.29, 1.82) is 0 Å². The topological polar surface area (TPSA) is 99.2 Å². The minimum atomic E-state index is -0.383. The number of carbonyl (C=O) groups excluding carboxylic acids is 2. The summed E-state index contributed by atoms with van der Waals surface area (Å²) in [7, 11) is 1.32. The lowest BCUT2D eigenvalue weighted by Crippen LogP contribution is -2.42. The first-order valence-electron chi connectivity index (χ1n) is 7.25. The van der Waals surface area contributed by atoms with E-state index >= 15 is 0 Å². The molecule has 22 heavy (non-hydrogen) atoms. The molecule has 3 rings (SSSR count). The van der Waals surface area contributed by atoms with Gasteiger partial charge < -0.3 is 15.8 Å². The number of carbonyl (C=O) groups is 2. The molecule has 1 aromatic rings. The molecule has 0 aliphatic heterocycles. The van der Waals surface area contributed by atoms with Crippen LogP contribution in [0.3, 0.4) is 0 Å². The van der Waals surface area contributed by atoms with Crippen molar-refractivity contribution in [3.05, 3.63) is 12.3 Å². The van der Waals surface area contributed by atoms with Gasteiger partial charge in [-0.25, -0.2) is 0 Å². The van der Waals surface area contributed by atoms with E-state index in [2.05, 4.69) is 15.2 Å². The maximum absolute atomic E-state index is 12.4. The smallest absolute Gasteiger partial charge is 0.327 e. The van der Waals surface area contributed by atoms with E-state index in [1.54, 1.807) is 12.3 Å². The Morgan fingerprint density at radius 1 is 1.45 bits per heavy atom. The lowest BCUT2D eigenvalue weighted by atomic mass is 9.84. The number of nitrogens with one attached hydrogen (secondary N) is 1. The van der Waals surface area contributed by atoms with Crippen LogP contribution < -0.4 is 11.1 Å². The number of aromatic nitrogens is 2. The van der Waals surface area contributed by atoms with Crippen LogP contribution in [0.15, 0.2) is 12.3 Å². The van der Waals surface area contributed by atoms with Crippen molar-refractivity contribution in [3.63, 3.8) is 0 Å². The van der Waals surface area contributed by atoms with Gasteiger partial charge >= 0.3 is 5.97 Å². The largest absolute Gasteiger partial charge is 0.468 e. The molecule has 1 amide bonds. The molecule has 2 aliphatic rings. The third kappa shape index (κ3) is 3.10. The number of rotatable bonds is 4. The van der Waals surface area contributed by atoms with Crippen LogP contribution in [0.4, 0.5) is 5.82 Å². The number of methoxy groups -OCH3 is 1. The molecule has 1 heterocycles. The lowest BCUT2D eigenvalue weighted by molar-refractivity contribution is -0.141. The van der Waals surface area contributed by atoms with E-state index < -0.39 is 0 Å². The Bertz CT molecular complexity index is 560. The van der Waals surface area contributed by atoms with Gasteiger partial charge in [0, 0.05) is 18.3 Å². The Balaban J connectivity index is 0.00000176. The monoisotopic (exact) mass is 328 g/mol. The normalized spacial score (nSPS) is 29.0. The Labute approximate surface area is 135 Å². The maximum Gasteiger partial charge on any atom is 0.327 e. The highest BCUT2D eigenvalue weighted by Gasteiger charge is 2.49. The molecule has 0 saturated heterocycles. The van der Waals surface area contributed by atoms with Crippen molar-refractivity contribution in [2.24, 2.45) is 23.5 Å². The van der Waals surface area contributed by atoms with Gasteiger partial charge in [0.15, 0.2) is 5.82 Å². The molecule has 2 bridgehead atoms. The van der Waals surface area contributed by atoms with Crippen LogP contribution in [-0.2, 0) is 20.9 Å². The van der Waals surface area contributed by atoms with Gasteiger partial charge in [-0.3, -0.25) is 14.3 Å². The second-order valence-corrected chi connectivity index (χ2v) is 5.90. The van der Waals surface area contributed by atoms with Crippen LogP contribution in [-0.4, -0.2) is 34.8 Å². The second-order valence-electron chi connectivity index (χ2n) is 5.90. The fraction of sp³-hybridized carbons (Fsp3) is 0.643. The van der Waals surface area contributed by atoms with Gasteiger partial charge in [-0.2, -0.15) is 5.10 Å². The van der Waals surface area contributed by atoms with E-state index in [-0.39, 0.29) is 42.8 Å². The predicted molar refractivity (Wildman–Crippen MR) is 82.4 cm³/mol. The van der Waals surface area contributed by atoms with Crippen molar-refractivity contribution < 1.29 is 14.3 Å². The van der Waals surface area contributed by atoms with Gasteiger partial charge in [-0.15, -0.1) is 12.4 Å². The van der Waals surface area contributed by atoms with E-state index in [0.29, 0.717) is 17.7 Å². The SMILES string of the molecule is COC(=O)Cn1ccc(NC(=O)C2C3CCC(C3)C2N)n1.Cl. The zero-order valence-corrected chi connectivity index (χ0v) is 13.2. The van der Waals surface area contributed by atoms with Crippen LogP contribution in [0.1, 0.15) is 19.3 Å². The standard InChI is InChI=1S/C14H20N4O3.ClH/c1-21-11(19)7-18-5-4-10(17-18)16-14(20)12-8-2-3-9(6-8)13(12)15;/h4-5,8-9,12-13H,2-3,6-7,15H2,1H3,(H,16,17,20);1H. The van der Waals surface area contributed by atoms with Crippen molar-refractivity contribution in [1.82, 2.24) is 9.78 Å². The Kier molecular flexibility index (Phi) is 5.08. The van der Waals surface area contributed by atoms with E-state index in [1.165, 1.54) is 11.8 Å². The van der Waals surface area contributed by atoms with Gasteiger partial charge in [0.1, 0.15) is 6.54 Å². The van der Waals surface area contributed by atoms with Crippen molar-refractivity contribution in [3.8, 4) is 0 Å². The summed E-state index contributed by atoms with van der Waals surface area (Å²) in [5.74, 6) is 0.780. The van der Waals surface area contributed by atoms with Crippen LogP contribution in [0, 0.1) is 17.8 Å². The van der Waals surface area contributed by atoms with Crippen molar-refractivity contribution >= 4 is 30.1 Å². The van der Waals surface area contributed by atoms with Crippen LogP contribution in [0.25, 0.3) is 0 Å². The predicted octanol–water partition coefficient (Wildman–Crippen LogP) is 0.790. The molecule has 2 fully saturated rings. The molecule has 8 heteroatoms. The average molecular weight is 329 g/mol. The number of ether oxygens (including phenoxy) is 1. The molecule has 0 radical (unpaired) electrons. The van der Waals surface area contributed by atoms with Gasteiger partial charge in [0.05, 0.1) is 13.0 Å². The average Bonchev–Trinajstić information content (AvgIpc) is 3.14. The molecule has 122 valence electrons. The highest BCUT2D eigenvalue weighted by Crippen LogP contribution is 2.47. The number of halogens is 1. The number of anilines is 1. The van der Waals surface area contributed by atoms with Crippen LogP contribution in [0.2, 0.25) is 0 Å². The van der Waals surface area contributed by atoms with Gasteiger partial charge in [-0.1, -0.05) is 0 Å². The summed E-state index contributed by atoms with van der Waals surface area (Å²) in [6.45, 7) is 0.0278. The van der Waals surface area contributed by atoms with Gasteiger partial charge in [0.25, 0.3) is 0 Å². The summed E-state index contributed by atoms with van der Waals surface area (Å²) in [4.78, 5) is 23.5. The third-order valence-corrected chi connectivity index (χ3v) is 4.69. The quantitative estimate of drug-likeness (QED) is 0.796. The summed E-state index contributed by atoms with van der Waals surface area (Å²) >= 11 is 0. The van der Waals surface area contributed by atoms with Gasteiger partial charge in [0.2, 0.25) is 5.91 Å². The molecule has 0 aromatic carbocycles. The molecule has 7 nitrogen and oxygen atoms in total. The minimum absolute atomic E-state index is 0. The van der Waals surface area contributed by atoms with Crippen molar-refractivity contribution in [2.75, 3.05) is 12.4 Å². The molecule has 4 atom stereocenters. The van der Waals surface area contributed by atoms with E-state index in [4.69, 9.17) is 5.73 Å². The Hall–Kier alpha value is -1.60. The number of hydrogen-bond acceptors (Lipinski definition) is 5. The van der Waals surface area contributed by atoms with Crippen LogP contribution in [0.5, 0.6) is 0 Å². The highest BCUT2D eigenvalue weighted by atomic mass is 35.5. The molecule has 2 saturated carbocycles. The second kappa shape index (κ2) is 6.66. The van der Waals surface area contributed by atoms with E-state index in [9.17, 15) is 9.59 Å². The molecule has 1 aromatic heterocycles. The highest BCUT2D eigenvalue weighted by molar-refractivity contribution is 5.92. The summed E-state index contributed by atoms with van der Waals surface area (Å²) in [6, 6.07) is 1.63. The van der Waals surface area contributed by atoms with Crippen LogP contribution >= 0.6 is 12.4 Å². The Morgan fingerprint density at radius 2 is 2.18 bits per heavy atom. The first-order valence-corrected chi connectivity index (χ1v) is 7.25. The third-order valence-electron chi connectivity index (χ3n) is 4.69. The first-order chi connectivity index (χ1) is 10.1. The fourth-order valence-electron chi connectivity index (χ4n) is 3.65. The minimum Gasteiger partial charge on any atom is -0.468 e. The Morgan fingerprint density at radius 3 is 2.82 bits per heavy atom. The van der Waals surface area contributed by atoms with Gasteiger partial charge in [-0.05, 0) is 31.1 Å².